The molecule has 7 heterocycles. The van der Waals surface area contributed by atoms with E-state index in [9.17, 15) is 33.9 Å². The number of aromatic nitrogens is 8. The summed E-state index contributed by atoms with van der Waals surface area (Å²) in [6, 6.07) is 0. The standard InChI is InChI=1S/C20H23BrN10O13P2/c21-19-27-8-15(28-20(23)29-16(8)34)31(19)18-12-9(32)5(41-18)1-39-45(35,36)43-11-6(2-40-46(37,38)44-12)42-17(10(11)33)30-4-26-7-13(22)24-3-25-14(7)30/h3-6,9-12,17-18,32-33H,1-2H2,(H,35,36)(H,37,38)(H2,22,24,25)(H3,23,28,29,34)/p-1/t5-,6-,9-,10-,11-,12-,17-,18-/m1/s1. The highest BCUT2D eigenvalue weighted by molar-refractivity contribution is 9.10. The molecule has 248 valence electrons. The molecule has 7 rings (SSSR count). The minimum atomic E-state index is -5.39. The molecule has 3 saturated heterocycles. The predicted molar refractivity (Wildman–Crippen MR) is 149 cm³/mol. The monoisotopic (exact) mass is 751 g/mol. The van der Waals surface area contributed by atoms with Crippen LogP contribution >= 0.6 is 31.6 Å². The number of H-pyrrole nitrogens is 1. The maximum absolute atomic E-state index is 13.1. The van der Waals surface area contributed by atoms with Gasteiger partial charge in [0.15, 0.2) is 39.8 Å². The van der Waals surface area contributed by atoms with E-state index < -0.39 is 83.5 Å². The third-order valence-electron chi connectivity index (χ3n) is 7.37. The van der Waals surface area contributed by atoms with Crippen molar-refractivity contribution in [2.75, 3.05) is 24.7 Å². The van der Waals surface area contributed by atoms with Gasteiger partial charge in [0.2, 0.25) is 5.95 Å². The summed E-state index contributed by atoms with van der Waals surface area (Å²) in [7, 11) is -10.5. The van der Waals surface area contributed by atoms with E-state index in [0.717, 1.165) is 10.9 Å². The number of phosphoric acid groups is 2. The molecule has 23 nitrogen and oxygen atoms in total. The minimum Gasteiger partial charge on any atom is -0.756 e. The molecule has 2 unspecified atom stereocenters. The number of hydrogen-bond acceptors (Lipinski definition) is 19. The third-order valence-corrected chi connectivity index (χ3v) is 9.88. The van der Waals surface area contributed by atoms with Gasteiger partial charge in [-0.05, 0) is 15.9 Å². The smallest absolute Gasteiger partial charge is 0.472 e. The summed E-state index contributed by atoms with van der Waals surface area (Å²) in [6.07, 6.45) is -10.8. The summed E-state index contributed by atoms with van der Waals surface area (Å²) < 4.78 is 60.7. The fourth-order valence-electron chi connectivity index (χ4n) is 5.34. The van der Waals surface area contributed by atoms with Crippen molar-refractivity contribution in [2.24, 2.45) is 0 Å². The van der Waals surface area contributed by atoms with Crippen molar-refractivity contribution in [3.63, 3.8) is 0 Å². The molecule has 0 spiro atoms. The lowest BCUT2D eigenvalue weighted by Crippen LogP contribution is -2.37. The van der Waals surface area contributed by atoms with E-state index in [1.165, 1.54) is 10.9 Å². The molecule has 2 bridgehead atoms. The number of aliphatic hydroxyl groups excluding tert-OH is 2. The Morgan fingerprint density at radius 3 is 2.48 bits per heavy atom. The zero-order chi connectivity index (χ0) is 32.7. The lowest BCUT2D eigenvalue weighted by atomic mass is 10.1. The molecule has 3 aliphatic heterocycles. The van der Waals surface area contributed by atoms with Crippen LogP contribution in [0.25, 0.3) is 22.3 Å². The molecule has 0 aromatic carbocycles. The molecule has 4 aromatic rings. The summed E-state index contributed by atoms with van der Waals surface area (Å²) in [4.78, 5) is 58.5. The minimum absolute atomic E-state index is 0.0233. The molecule has 8 N–H and O–H groups in total. The lowest BCUT2D eigenvalue weighted by molar-refractivity contribution is -0.237. The molecule has 3 fully saturated rings. The number of nitrogens with one attached hydrogen (secondary N) is 1. The fraction of sp³-hybridized carbons (Fsp3) is 0.500. The van der Waals surface area contributed by atoms with E-state index in [2.05, 4.69) is 45.8 Å². The van der Waals surface area contributed by atoms with Crippen LogP contribution in [0.2, 0.25) is 0 Å². The average molecular weight is 752 g/mol. The fourth-order valence-corrected chi connectivity index (χ4v) is 7.77. The second-order valence-corrected chi connectivity index (χ2v) is 13.7. The quantitative estimate of drug-likeness (QED) is 0.0933. The zero-order valence-corrected chi connectivity index (χ0v) is 26.0. The number of phosphoric ester groups is 2. The summed E-state index contributed by atoms with van der Waals surface area (Å²) in [6.45, 7) is -1.76. The maximum Gasteiger partial charge on any atom is 0.472 e. The first-order valence-electron chi connectivity index (χ1n) is 13.1. The second kappa shape index (κ2) is 11.3. The number of nitrogens with two attached hydrogens (primary N) is 2. The Balaban J connectivity index is 1.22. The average Bonchev–Trinajstić information content (AvgIpc) is 3.71. The predicted octanol–water partition coefficient (Wildman–Crippen LogP) is -2.21. The third kappa shape index (κ3) is 5.43. The van der Waals surface area contributed by atoms with Crippen LogP contribution in [0.15, 0.2) is 22.2 Å². The van der Waals surface area contributed by atoms with Crippen LogP contribution in [0.4, 0.5) is 11.8 Å². The van der Waals surface area contributed by atoms with Gasteiger partial charge in [-0.25, -0.2) is 24.5 Å². The Labute approximate surface area is 262 Å². The van der Waals surface area contributed by atoms with Crippen LogP contribution in [-0.4, -0.2) is 104 Å². The molecule has 0 amide bonds. The number of anilines is 2. The Hall–Kier alpha value is -2.96. The summed E-state index contributed by atoms with van der Waals surface area (Å²) in [5, 5.41) is 22.2. The van der Waals surface area contributed by atoms with Crippen molar-refractivity contribution in [3.8, 4) is 0 Å². The SMILES string of the molecule is Nc1nc2c(nc(Br)n2[C@@H]2O[C@@H]3COP(=O)(O)O[C@H]4[C@@H](O)[C@H](n5cnc6c(N)ncnc65)O[C@@H]4COP(=O)([O-])O[C@@H]2[C@@H]3O)c(=O)[nH]1. The first-order chi connectivity index (χ1) is 21.7. The van der Waals surface area contributed by atoms with Crippen molar-refractivity contribution in [1.82, 2.24) is 39.0 Å². The largest absolute Gasteiger partial charge is 0.756 e. The Bertz CT molecular complexity index is 1990. The van der Waals surface area contributed by atoms with Crippen LogP contribution in [0, 0.1) is 0 Å². The van der Waals surface area contributed by atoms with E-state index in [1.807, 2.05) is 0 Å². The van der Waals surface area contributed by atoms with Crippen molar-refractivity contribution < 1.29 is 56.7 Å². The van der Waals surface area contributed by atoms with Gasteiger partial charge in [0, 0.05) is 0 Å². The van der Waals surface area contributed by atoms with E-state index in [-0.39, 0.29) is 38.8 Å². The molecule has 26 heteroatoms. The number of aliphatic hydroxyl groups is 2. The van der Waals surface area contributed by atoms with Crippen LogP contribution < -0.4 is 21.9 Å². The van der Waals surface area contributed by atoms with Gasteiger partial charge in [0.05, 0.1) is 19.5 Å². The van der Waals surface area contributed by atoms with Gasteiger partial charge in [-0.1, -0.05) is 0 Å². The molecule has 0 saturated carbocycles. The van der Waals surface area contributed by atoms with Crippen LogP contribution in [0.3, 0.4) is 0 Å². The number of aromatic amines is 1. The summed E-state index contributed by atoms with van der Waals surface area (Å²) in [5.41, 5.74) is 10.7. The van der Waals surface area contributed by atoms with Gasteiger partial charge in [0.25, 0.3) is 13.4 Å². The van der Waals surface area contributed by atoms with E-state index >= 15 is 0 Å². The van der Waals surface area contributed by atoms with Gasteiger partial charge in [0.1, 0.15) is 48.5 Å². The molecule has 0 aliphatic carbocycles. The van der Waals surface area contributed by atoms with Crippen LogP contribution in [-0.2, 0) is 36.7 Å². The second-order valence-electron chi connectivity index (χ2n) is 10.2. The first-order valence-corrected chi connectivity index (χ1v) is 16.8. The van der Waals surface area contributed by atoms with Gasteiger partial charge >= 0.3 is 7.82 Å². The van der Waals surface area contributed by atoms with Gasteiger partial charge in [-0.15, -0.1) is 0 Å². The first kappa shape index (κ1) is 31.6. The maximum atomic E-state index is 13.1. The Morgan fingerprint density at radius 2 is 1.70 bits per heavy atom. The number of fused-ring (bicyclic) bond motifs is 5. The molecule has 3 aliphatic rings. The highest BCUT2D eigenvalue weighted by Crippen LogP contribution is 2.52. The normalized spacial score (nSPS) is 37.2. The number of nitrogen functional groups attached to an aromatic ring is 2. The van der Waals surface area contributed by atoms with Crippen molar-refractivity contribution in [3.05, 3.63) is 27.7 Å². The molecule has 4 aromatic heterocycles. The number of halogens is 1. The van der Waals surface area contributed by atoms with Gasteiger partial charge < -0.3 is 50.0 Å². The molecule has 46 heavy (non-hydrogen) atoms. The number of ether oxygens (including phenoxy) is 2. The van der Waals surface area contributed by atoms with Crippen molar-refractivity contribution in [1.29, 1.82) is 0 Å². The number of nitrogens with zero attached hydrogens (tertiary/aromatic N) is 7. The van der Waals surface area contributed by atoms with Gasteiger partial charge in [-0.2, -0.15) is 4.98 Å². The lowest BCUT2D eigenvalue weighted by Gasteiger charge is -2.31. The van der Waals surface area contributed by atoms with Crippen LogP contribution in [0.1, 0.15) is 12.5 Å². The number of hydrogen-bond donors (Lipinski definition) is 6. The Morgan fingerprint density at radius 1 is 0.957 bits per heavy atom. The number of rotatable bonds is 2. The van der Waals surface area contributed by atoms with Crippen LogP contribution in [0.5, 0.6) is 0 Å². The van der Waals surface area contributed by atoms with E-state index in [0.29, 0.717) is 0 Å². The molecule has 0 radical (unpaired) electrons. The highest BCUT2D eigenvalue weighted by Gasteiger charge is 2.53. The highest BCUT2D eigenvalue weighted by atomic mass is 79.9. The molecule has 10 atom stereocenters. The van der Waals surface area contributed by atoms with Crippen molar-refractivity contribution >= 4 is 65.7 Å². The van der Waals surface area contributed by atoms with E-state index in [1.54, 1.807) is 0 Å². The van der Waals surface area contributed by atoms with E-state index in [4.69, 9.17) is 39.0 Å². The van der Waals surface area contributed by atoms with Crippen molar-refractivity contribution in [2.45, 2.75) is 49.1 Å². The number of imidazole rings is 2. The molecular weight excluding hydrogens is 730 g/mol. The summed E-state index contributed by atoms with van der Waals surface area (Å²) >= 11 is 3.15. The Kier molecular flexibility index (Phi) is 7.79. The summed E-state index contributed by atoms with van der Waals surface area (Å²) in [5.74, 6) is -0.290. The topological polar surface area (TPSA) is 332 Å². The van der Waals surface area contributed by atoms with Gasteiger partial charge in [-0.3, -0.25) is 32.5 Å². The zero-order valence-electron chi connectivity index (χ0n) is 22.7. The molecular formula is C20H22BrN10O13P2-.